The molecule has 1 aliphatic rings. The molecule has 1 saturated heterocycles. The van der Waals surface area contributed by atoms with Crippen LogP contribution >= 0.6 is 0 Å². The van der Waals surface area contributed by atoms with E-state index in [1.165, 1.54) is 18.2 Å². The average molecular weight is 378 g/mol. The number of carbonyl (C=O) groups excluding carboxylic acids is 1. The van der Waals surface area contributed by atoms with E-state index in [1.807, 2.05) is 13.8 Å². The fourth-order valence-corrected chi connectivity index (χ4v) is 3.94. The second-order valence-corrected chi connectivity index (χ2v) is 8.78. The molecule has 6 heteroatoms. The van der Waals surface area contributed by atoms with E-state index in [9.17, 15) is 13.2 Å². The third kappa shape index (κ3) is 4.62. The molecule has 0 aliphatic carbocycles. The molecule has 1 amide bonds. The van der Waals surface area contributed by atoms with Crippen molar-refractivity contribution in [2.45, 2.75) is 44.2 Å². The first-order valence-electron chi connectivity index (χ1n) is 8.84. The Labute approximate surface area is 156 Å². The molecule has 0 radical (unpaired) electrons. The molecule has 2 rings (SSSR count). The number of nitrogens with zero attached hydrogens (tertiary/aromatic N) is 1. The Morgan fingerprint density at radius 3 is 2.46 bits per heavy atom. The van der Waals surface area contributed by atoms with Gasteiger partial charge in [0.05, 0.1) is 9.80 Å². The van der Waals surface area contributed by atoms with Crippen LogP contribution in [0.5, 0.6) is 0 Å². The molecule has 142 valence electrons. The van der Waals surface area contributed by atoms with E-state index < -0.39 is 9.84 Å². The molecule has 0 spiro atoms. The SMILES string of the molecule is C=C(/C=C(\C(=O)N(C)C1CCCCO1)C(C)C)S(=O)(=O)c1ccccc1. The topological polar surface area (TPSA) is 63.7 Å². The minimum Gasteiger partial charge on any atom is -0.358 e. The van der Waals surface area contributed by atoms with Crippen LogP contribution in [0.4, 0.5) is 0 Å². The third-order valence-electron chi connectivity index (χ3n) is 4.49. The van der Waals surface area contributed by atoms with Gasteiger partial charge >= 0.3 is 0 Å². The van der Waals surface area contributed by atoms with Crippen LogP contribution in [0.2, 0.25) is 0 Å². The summed E-state index contributed by atoms with van der Waals surface area (Å²) in [5.41, 5.74) is 0.408. The molecule has 5 nitrogen and oxygen atoms in total. The number of benzene rings is 1. The molecule has 1 aliphatic heterocycles. The molecule has 1 aromatic carbocycles. The first-order chi connectivity index (χ1) is 12.2. The highest BCUT2D eigenvalue weighted by molar-refractivity contribution is 7.95. The quantitative estimate of drug-likeness (QED) is 0.562. The second kappa shape index (κ2) is 8.64. The van der Waals surface area contributed by atoms with Crippen molar-refractivity contribution >= 4 is 15.7 Å². The third-order valence-corrected chi connectivity index (χ3v) is 6.19. The number of amides is 1. The number of likely N-dealkylation sites (N-methyl/N-ethyl adjacent to an activating group) is 1. The second-order valence-electron chi connectivity index (χ2n) is 6.77. The van der Waals surface area contributed by atoms with Crippen molar-refractivity contribution in [3.63, 3.8) is 0 Å². The summed E-state index contributed by atoms with van der Waals surface area (Å²) < 4.78 is 31.1. The van der Waals surface area contributed by atoms with Crippen LogP contribution in [0.1, 0.15) is 33.1 Å². The van der Waals surface area contributed by atoms with Crippen molar-refractivity contribution in [3.8, 4) is 0 Å². The molecule has 0 saturated carbocycles. The summed E-state index contributed by atoms with van der Waals surface area (Å²) in [7, 11) is -2.03. The molecular weight excluding hydrogens is 350 g/mol. The summed E-state index contributed by atoms with van der Waals surface area (Å²) in [6.07, 6.45) is 3.93. The maximum Gasteiger partial charge on any atom is 0.251 e. The lowest BCUT2D eigenvalue weighted by atomic mass is 10.0. The Balaban J connectivity index is 2.28. The maximum atomic E-state index is 12.9. The van der Waals surface area contributed by atoms with Gasteiger partial charge in [0.1, 0.15) is 6.23 Å². The van der Waals surface area contributed by atoms with Gasteiger partial charge in [-0.15, -0.1) is 0 Å². The smallest absolute Gasteiger partial charge is 0.251 e. The fraction of sp³-hybridized carbons (Fsp3) is 0.450. The van der Waals surface area contributed by atoms with Gasteiger partial charge in [-0.25, -0.2) is 8.42 Å². The summed E-state index contributed by atoms with van der Waals surface area (Å²) in [4.78, 5) is 14.6. The number of allylic oxidation sites excluding steroid dienone is 1. The summed E-state index contributed by atoms with van der Waals surface area (Å²) in [6, 6.07) is 8.11. The zero-order valence-corrected chi connectivity index (χ0v) is 16.5. The Bertz CT molecular complexity index is 775. The molecule has 1 fully saturated rings. The summed E-state index contributed by atoms with van der Waals surface area (Å²) in [5.74, 6) is -0.368. The van der Waals surface area contributed by atoms with Crippen molar-refractivity contribution < 1.29 is 17.9 Å². The average Bonchev–Trinajstić information content (AvgIpc) is 2.65. The predicted octanol–water partition coefficient (Wildman–Crippen LogP) is 3.54. The van der Waals surface area contributed by atoms with E-state index in [-0.39, 0.29) is 27.9 Å². The van der Waals surface area contributed by atoms with Crippen LogP contribution < -0.4 is 0 Å². The monoisotopic (exact) mass is 377 g/mol. The number of carbonyl (C=O) groups is 1. The first kappa shape index (κ1) is 20.4. The largest absolute Gasteiger partial charge is 0.358 e. The molecule has 0 N–H and O–H groups in total. The molecule has 26 heavy (non-hydrogen) atoms. The van der Waals surface area contributed by atoms with Crippen molar-refractivity contribution in [1.82, 2.24) is 4.90 Å². The van der Waals surface area contributed by atoms with Gasteiger partial charge in [0.25, 0.3) is 5.91 Å². The van der Waals surface area contributed by atoms with Crippen LogP contribution in [-0.4, -0.2) is 39.1 Å². The highest BCUT2D eigenvalue weighted by Crippen LogP contribution is 2.24. The Kier molecular flexibility index (Phi) is 6.78. The molecule has 0 bridgehead atoms. The normalized spacial score (nSPS) is 18.6. The van der Waals surface area contributed by atoms with E-state index in [1.54, 1.807) is 30.1 Å². The number of hydrogen-bond acceptors (Lipinski definition) is 4. The number of rotatable bonds is 6. The highest BCUT2D eigenvalue weighted by atomic mass is 32.2. The standard InChI is InChI=1S/C20H27NO4S/c1-15(2)18(20(22)21(4)19-12-8-9-13-25-19)14-16(3)26(23,24)17-10-6-5-7-11-17/h5-7,10-11,14-15,19H,3,8-9,12-13H2,1-2,4H3/b18-14-. The van der Waals surface area contributed by atoms with E-state index in [2.05, 4.69) is 6.58 Å². The van der Waals surface area contributed by atoms with Crippen molar-refractivity contribution in [2.75, 3.05) is 13.7 Å². The van der Waals surface area contributed by atoms with E-state index in [0.29, 0.717) is 12.2 Å². The summed E-state index contributed by atoms with van der Waals surface area (Å²) >= 11 is 0. The zero-order chi connectivity index (χ0) is 19.3. The van der Waals surface area contributed by atoms with Gasteiger partial charge in [0.15, 0.2) is 0 Å². The molecule has 1 unspecified atom stereocenters. The Morgan fingerprint density at radius 1 is 1.27 bits per heavy atom. The number of sulfone groups is 1. The van der Waals surface area contributed by atoms with E-state index in [0.717, 1.165) is 19.3 Å². The van der Waals surface area contributed by atoms with Crippen LogP contribution in [0.25, 0.3) is 0 Å². The van der Waals surface area contributed by atoms with Crippen LogP contribution in [0.15, 0.2) is 58.4 Å². The van der Waals surface area contributed by atoms with Gasteiger partial charge in [-0.05, 0) is 43.4 Å². The Hall–Kier alpha value is -1.92. The van der Waals surface area contributed by atoms with Crippen molar-refractivity contribution in [2.24, 2.45) is 5.92 Å². The van der Waals surface area contributed by atoms with Gasteiger partial charge in [-0.3, -0.25) is 4.79 Å². The van der Waals surface area contributed by atoms with Gasteiger partial charge < -0.3 is 9.64 Å². The van der Waals surface area contributed by atoms with Gasteiger partial charge in [-0.2, -0.15) is 0 Å². The van der Waals surface area contributed by atoms with Gasteiger partial charge in [-0.1, -0.05) is 38.6 Å². The molecule has 1 heterocycles. The lowest BCUT2D eigenvalue weighted by Crippen LogP contribution is -2.42. The maximum absolute atomic E-state index is 12.9. The van der Waals surface area contributed by atoms with E-state index >= 15 is 0 Å². The minimum atomic E-state index is -3.72. The summed E-state index contributed by atoms with van der Waals surface area (Å²) in [5, 5.41) is 0. The lowest BCUT2D eigenvalue weighted by Gasteiger charge is -2.32. The lowest BCUT2D eigenvalue weighted by molar-refractivity contribution is -0.143. The van der Waals surface area contributed by atoms with Crippen LogP contribution in [-0.2, 0) is 19.4 Å². The Morgan fingerprint density at radius 2 is 1.92 bits per heavy atom. The molecular formula is C20H27NO4S. The zero-order valence-electron chi connectivity index (χ0n) is 15.6. The number of hydrogen-bond donors (Lipinski definition) is 0. The van der Waals surface area contributed by atoms with E-state index in [4.69, 9.17) is 4.74 Å². The summed E-state index contributed by atoms with van der Waals surface area (Å²) in [6.45, 7) is 8.08. The van der Waals surface area contributed by atoms with Gasteiger partial charge in [0, 0.05) is 19.2 Å². The molecule has 0 aromatic heterocycles. The fourth-order valence-electron chi connectivity index (χ4n) is 2.84. The van der Waals surface area contributed by atoms with Crippen LogP contribution in [0.3, 0.4) is 0 Å². The highest BCUT2D eigenvalue weighted by Gasteiger charge is 2.27. The van der Waals surface area contributed by atoms with Gasteiger partial charge in [0.2, 0.25) is 9.84 Å². The van der Waals surface area contributed by atoms with Crippen molar-refractivity contribution in [1.29, 1.82) is 0 Å². The molecule has 1 atom stereocenters. The van der Waals surface area contributed by atoms with Crippen LogP contribution in [0, 0.1) is 5.92 Å². The number of ether oxygens (including phenoxy) is 1. The molecule has 1 aromatic rings. The predicted molar refractivity (Wildman–Crippen MR) is 102 cm³/mol. The minimum absolute atomic E-state index is 0.0845. The first-order valence-corrected chi connectivity index (χ1v) is 10.3. The van der Waals surface area contributed by atoms with Crippen molar-refractivity contribution in [3.05, 3.63) is 53.5 Å².